The zero-order chi connectivity index (χ0) is 13.8. The predicted molar refractivity (Wildman–Crippen MR) is 76.9 cm³/mol. The summed E-state index contributed by atoms with van der Waals surface area (Å²) in [5.41, 5.74) is 3.60. The van der Waals surface area contributed by atoms with Gasteiger partial charge < -0.3 is 10.1 Å². The molecule has 0 heterocycles. The van der Waals surface area contributed by atoms with Gasteiger partial charge in [0, 0.05) is 5.56 Å². The van der Waals surface area contributed by atoms with Crippen molar-refractivity contribution in [2.45, 2.75) is 13.8 Å². The van der Waals surface area contributed by atoms with E-state index < -0.39 is 0 Å². The first-order valence-corrected chi connectivity index (χ1v) is 6.13. The topological polar surface area (TPSA) is 38.3 Å². The van der Waals surface area contributed by atoms with Gasteiger partial charge in [-0.3, -0.25) is 4.79 Å². The third kappa shape index (κ3) is 2.94. The molecule has 0 spiro atoms. The molecule has 98 valence electrons. The van der Waals surface area contributed by atoms with Crippen molar-refractivity contribution in [1.82, 2.24) is 0 Å². The Balaban J connectivity index is 2.23. The van der Waals surface area contributed by atoms with Gasteiger partial charge in [-0.05, 0) is 49.2 Å². The molecule has 0 aliphatic heterocycles. The molecule has 0 aromatic heterocycles. The number of para-hydroxylation sites is 2. The van der Waals surface area contributed by atoms with Crippen molar-refractivity contribution in [3.05, 3.63) is 59.2 Å². The Hall–Kier alpha value is -2.29. The van der Waals surface area contributed by atoms with Crippen LogP contribution in [-0.4, -0.2) is 13.0 Å². The van der Waals surface area contributed by atoms with E-state index in [1.807, 2.05) is 56.3 Å². The van der Waals surface area contributed by atoms with Crippen molar-refractivity contribution in [2.24, 2.45) is 0 Å². The second kappa shape index (κ2) is 5.57. The monoisotopic (exact) mass is 255 g/mol. The van der Waals surface area contributed by atoms with Crippen LogP contribution < -0.4 is 10.1 Å². The van der Waals surface area contributed by atoms with Crippen LogP contribution in [0.4, 0.5) is 5.69 Å². The zero-order valence-electron chi connectivity index (χ0n) is 11.4. The number of benzene rings is 2. The standard InChI is InChI=1S/C16H17NO2/c1-11-8-9-13(10-12(11)2)16(18)17-14-6-4-5-7-15(14)19-3/h4-10H,1-3H3,(H,17,18). The second-order valence-corrected chi connectivity index (χ2v) is 4.45. The molecule has 0 fully saturated rings. The van der Waals surface area contributed by atoms with Gasteiger partial charge in [0.25, 0.3) is 5.91 Å². The molecule has 0 saturated carbocycles. The van der Waals surface area contributed by atoms with E-state index >= 15 is 0 Å². The summed E-state index contributed by atoms with van der Waals surface area (Å²) >= 11 is 0. The van der Waals surface area contributed by atoms with Crippen molar-refractivity contribution >= 4 is 11.6 Å². The van der Waals surface area contributed by atoms with E-state index in [1.165, 1.54) is 5.56 Å². The average Bonchev–Trinajstić information content (AvgIpc) is 2.42. The highest BCUT2D eigenvalue weighted by Gasteiger charge is 2.09. The van der Waals surface area contributed by atoms with Crippen LogP contribution in [0.25, 0.3) is 0 Å². The Labute approximate surface area is 113 Å². The molecular weight excluding hydrogens is 238 g/mol. The molecule has 1 amide bonds. The van der Waals surface area contributed by atoms with Gasteiger partial charge in [-0.1, -0.05) is 18.2 Å². The Bertz CT molecular complexity index is 605. The molecule has 3 nitrogen and oxygen atoms in total. The lowest BCUT2D eigenvalue weighted by molar-refractivity contribution is 0.102. The number of carbonyl (C=O) groups is 1. The van der Waals surface area contributed by atoms with E-state index in [9.17, 15) is 4.79 Å². The molecule has 0 unspecified atom stereocenters. The first kappa shape index (κ1) is 13.1. The highest BCUT2D eigenvalue weighted by molar-refractivity contribution is 6.05. The number of aryl methyl sites for hydroxylation is 2. The van der Waals surface area contributed by atoms with Crippen molar-refractivity contribution in [2.75, 3.05) is 12.4 Å². The summed E-state index contributed by atoms with van der Waals surface area (Å²) in [6, 6.07) is 13.0. The number of anilines is 1. The fourth-order valence-electron chi connectivity index (χ4n) is 1.83. The molecule has 0 atom stereocenters. The highest BCUT2D eigenvalue weighted by atomic mass is 16.5. The summed E-state index contributed by atoms with van der Waals surface area (Å²) < 4.78 is 5.21. The molecule has 2 aromatic carbocycles. The van der Waals surface area contributed by atoms with E-state index in [4.69, 9.17) is 4.74 Å². The SMILES string of the molecule is COc1ccccc1NC(=O)c1ccc(C)c(C)c1. The average molecular weight is 255 g/mol. The van der Waals surface area contributed by atoms with Gasteiger partial charge in [-0.2, -0.15) is 0 Å². The van der Waals surface area contributed by atoms with E-state index in [2.05, 4.69) is 5.32 Å². The van der Waals surface area contributed by atoms with Gasteiger partial charge in [-0.25, -0.2) is 0 Å². The molecule has 3 heteroatoms. The lowest BCUT2D eigenvalue weighted by Gasteiger charge is -2.10. The van der Waals surface area contributed by atoms with Crippen LogP contribution in [0.3, 0.4) is 0 Å². The largest absolute Gasteiger partial charge is 0.495 e. The normalized spacial score (nSPS) is 10.1. The summed E-state index contributed by atoms with van der Waals surface area (Å²) in [4.78, 5) is 12.2. The van der Waals surface area contributed by atoms with Crippen LogP contribution in [-0.2, 0) is 0 Å². The predicted octanol–water partition coefficient (Wildman–Crippen LogP) is 3.56. The number of methoxy groups -OCH3 is 1. The van der Waals surface area contributed by atoms with Crippen LogP contribution in [0.5, 0.6) is 5.75 Å². The maximum atomic E-state index is 12.2. The van der Waals surface area contributed by atoms with E-state index in [0.29, 0.717) is 17.0 Å². The number of hydrogen-bond acceptors (Lipinski definition) is 2. The van der Waals surface area contributed by atoms with E-state index in [1.54, 1.807) is 7.11 Å². The van der Waals surface area contributed by atoms with Crippen LogP contribution in [0.2, 0.25) is 0 Å². The lowest BCUT2D eigenvalue weighted by Crippen LogP contribution is -2.12. The Morgan fingerprint density at radius 2 is 1.79 bits per heavy atom. The fourth-order valence-corrected chi connectivity index (χ4v) is 1.83. The minimum atomic E-state index is -0.132. The summed E-state index contributed by atoms with van der Waals surface area (Å²) in [5.74, 6) is 0.521. The van der Waals surface area contributed by atoms with Crippen molar-refractivity contribution < 1.29 is 9.53 Å². The first-order valence-electron chi connectivity index (χ1n) is 6.13. The third-order valence-electron chi connectivity index (χ3n) is 3.12. The second-order valence-electron chi connectivity index (χ2n) is 4.45. The maximum Gasteiger partial charge on any atom is 0.255 e. The molecular formula is C16H17NO2. The fraction of sp³-hybridized carbons (Fsp3) is 0.188. The van der Waals surface area contributed by atoms with Crippen LogP contribution in [0, 0.1) is 13.8 Å². The Kier molecular flexibility index (Phi) is 3.85. The van der Waals surface area contributed by atoms with Crippen LogP contribution >= 0.6 is 0 Å². The van der Waals surface area contributed by atoms with Gasteiger partial charge in [-0.15, -0.1) is 0 Å². The maximum absolute atomic E-state index is 12.2. The lowest BCUT2D eigenvalue weighted by atomic mass is 10.1. The molecule has 1 N–H and O–H groups in total. The highest BCUT2D eigenvalue weighted by Crippen LogP contribution is 2.23. The van der Waals surface area contributed by atoms with Gasteiger partial charge in [0.15, 0.2) is 0 Å². The van der Waals surface area contributed by atoms with Crippen molar-refractivity contribution in [3.8, 4) is 5.75 Å². The third-order valence-corrected chi connectivity index (χ3v) is 3.12. The van der Waals surface area contributed by atoms with Crippen molar-refractivity contribution in [3.63, 3.8) is 0 Å². The van der Waals surface area contributed by atoms with E-state index in [0.717, 1.165) is 5.56 Å². The van der Waals surface area contributed by atoms with Crippen LogP contribution in [0.1, 0.15) is 21.5 Å². The molecule has 19 heavy (non-hydrogen) atoms. The number of amides is 1. The summed E-state index contributed by atoms with van der Waals surface area (Å²) in [7, 11) is 1.58. The number of carbonyl (C=O) groups excluding carboxylic acids is 1. The quantitative estimate of drug-likeness (QED) is 0.910. The summed E-state index contributed by atoms with van der Waals surface area (Å²) in [5, 5.41) is 2.86. The number of nitrogens with one attached hydrogen (secondary N) is 1. The first-order chi connectivity index (χ1) is 9.11. The minimum Gasteiger partial charge on any atom is -0.495 e. The Morgan fingerprint density at radius 1 is 1.05 bits per heavy atom. The van der Waals surface area contributed by atoms with Crippen molar-refractivity contribution in [1.29, 1.82) is 0 Å². The van der Waals surface area contributed by atoms with Gasteiger partial charge in [0.2, 0.25) is 0 Å². The summed E-state index contributed by atoms with van der Waals surface area (Å²) in [6.07, 6.45) is 0. The molecule has 2 aromatic rings. The zero-order valence-corrected chi connectivity index (χ0v) is 11.4. The van der Waals surface area contributed by atoms with Crippen LogP contribution in [0.15, 0.2) is 42.5 Å². The molecule has 0 aliphatic rings. The van der Waals surface area contributed by atoms with E-state index in [-0.39, 0.29) is 5.91 Å². The summed E-state index contributed by atoms with van der Waals surface area (Å²) in [6.45, 7) is 4.02. The molecule has 0 aliphatic carbocycles. The van der Waals surface area contributed by atoms with Gasteiger partial charge in [0.05, 0.1) is 12.8 Å². The molecule has 0 bridgehead atoms. The van der Waals surface area contributed by atoms with Gasteiger partial charge >= 0.3 is 0 Å². The van der Waals surface area contributed by atoms with Gasteiger partial charge in [0.1, 0.15) is 5.75 Å². The number of ether oxygens (including phenoxy) is 1. The smallest absolute Gasteiger partial charge is 0.255 e. The number of rotatable bonds is 3. The molecule has 0 radical (unpaired) electrons. The minimum absolute atomic E-state index is 0.132. The molecule has 0 saturated heterocycles. The Morgan fingerprint density at radius 3 is 2.47 bits per heavy atom. The number of hydrogen-bond donors (Lipinski definition) is 1. The molecule has 2 rings (SSSR count).